The molecule has 0 unspecified atom stereocenters. The van der Waals surface area contributed by atoms with Crippen LogP contribution in [0.4, 0.5) is 0 Å². The van der Waals surface area contributed by atoms with E-state index < -0.39 is 0 Å². The van der Waals surface area contributed by atoms with Crippen LogP contribution in [0.3, 0.4) is 0 Å². The Kier molecular flexibility index (Phi) is 8.87. The smallest absolute Gasteiger partial charge is 0.307 e. The highest BCUT2D eigenvalue weighted by Crippen LogP contribution is 2.27. The molecule has 0 N–H and O–H groups in total. The van der Waals surface area contributed by atoms with Crippen LogP contribution in [-0.4, -0.2) is 37.7 Å². The first-order valence-corrected chi connectivity index (χ1v) is 8.25. The molecule has 0 saturated carbocycles. The largest absolute Gasteiger partial charge is 0.497 e. The van der Waals surface area contributed by atoms with E-state index >= 15 is 0 Å². The van der Waals surface area contributed by atoms with Crippen molar-refractivity contribution >= 4 is 5.97 Å². The maximum absolute atomic E-state index is 11.8. The molecular formula is C20H29NO3. The molecule has 2 atom stereocenters. The lowest BCUT2D eigenvalue weighted by Gasteiger charge is -2.35. The van der Waals surface area contributed by atoms with Crippen LogP contribution in [0, 0.1) is 0 Å². The molecule has 0 fully saturated rings. The molecule has 0 aliphatic rings. The highest BCUT2D eigenvalue weighted by molar-refractivity contribution is 5.70. The van der Waals surface area contributed by atoms with Crippen molar-refractivity contribution in [3.8, 4) is 5.75 Å². The minimum absolute atomic E-state index is 0.0590. The van der Waals surface area contributed by atoms with Crippen molar-refractivity contribution in [3.05, 3.63) is 54.6 Å². The zero-order valence-corrected chi connectivity index (χ0v) is 15.2. The lowest BCUT2D eigenvalue weighted by Crippen LogP contribution is -2.39. The number of hydrogen-bond donors (Lipinski definition) is 0. The molecule has 132 valence electrons. The van der Waals surface area contributed by atoms with Crippen LogP contribution in [0.5, 0.6) is 5.75 Å². The first-order valence-electron chi connectivity index (χ1n) is 8.25. The first kappa shape index (κ1) is 20.0. The van der Waals surface area contributed by atoms with Crippen molar-refractivity contribution in [1.29, 1.82) is 0 Å². The van der Waals surface area contributed by atoms with Crippen LogP contribution in [-0.2, 0) is 9.53 Å². The zero-order chi connectivity index (χ0) is 17.9. The Morgan fingerprint density at radius 3 is 2.46 bits per heavy atom. The summed E-state index contributed by atoms with van der Waals surface area (Å²) in [5.41, 5.74) is 1.17. The fraction of sp³-hybridized carbons (Fsp3) is 0.450. The minimum atomic E-state index is -0.194. The van der Waals surface area contributed by atoms with Gasteiger partial charge < -0.3 is 9.47 Å². The van der Waals surface area contributed by atoms with E-state index in [1.165, 1.54) is 12.7 Å². The average Bonchev–Trinajstić information content (AvgIpc) is 2.62. The second-order valence-electron chi connectivity index (χ2n) is 5.67. The molecule has 0 amide bonds. The Morgan fingerprint density at radius 1 is 1.29 bits per heavy atom. The molecule has 24 heavy (non-hydrogen) atoms. The van der Waals surface area contributed by atoms with Crippen molar-refractivity contribution in [3.63, 3.8) is 0 Å². The summed E-state index contributed by atoms with van der Waals surface area (Å²) in [5.74, 6) is 0.641. The summed E-state index contributed by atoms with van der Waals surface area (Å²) in [7, 11) is 3.09. The van der Waals surface area contributed by atoms with Crippen LogP contribution in [0.1, 0.15) is 38.3 Å². The maximum atomic E-state index is 11.8. The summed E-state index contributed by atoms with van der Waals surface area (Å²) in [5, 5.41) is 0. The fourth-order valence-electron chi connectivity index (χ4n) is 2.75. The van der Waals surface area contributed by atoms with Gasteiger partial charge in [-0.2, -0.15) is 0 Å². The monoisotopic (exact) mass is 331 g/mol. The predicted octanol–water partition coefficient (Wildman–Crippen LogP) is 4.14. The maximum Gasteiger partial charge on any atom is 0.307 e. The predicted molar refractivity (Wildman–Crippen MR) is 98.2 cm³/mol. The van der Waals surface area contributed by atoms with Crippen molar-refractivity contribution in [2.75, 3.05) is 20.8 Å². The van der Waals surface area contributed by atoms with Crippen LogP contribution in [0.15, 0.2) is 49.1 Å². The Bertz CT molecular complexity index is 536. The van der Waals surface area contributed by atoms with E-state index in [0.717, 1.165) is 12.2 Å². The van der Waals surface area contributed by atoms with E-state index in [0.29, 0.717) is 13.0 Å². The molecule has 1 aromatic carbocycles. The lowest BCUT2D eigenvalue weighted by molar-refractivity contribution is -0.142. The van der Waals surface area contributed by atoms with Gasteiger partial charge in [-0.1, -0.05) is 30.4 Å². The Balaban J connectivity index is 3.03. The first-order chi connectivity index (χ1) is 11.6. The van der Waals surface area contributed by atoms with E-state index in [1.54, 1.807) is 7.11 Å². The number of carbonyl (C=O) groups excluding carboxylic acids is 1. The highest BCUT2D eigenvalue weighted by Gasteiger charge is 2.25. The van der Waals surface area contributed by atoms with Crippen molar-refractivity contribution in [1.82, 2.24) is 4.90 Å². The number of nitrogens with zero attached hydrogens (tertiary/aromatic N) is 1. The molecule has 0 aromatic heterocycles. The normalized spacial score (nSPS) is 13.7. The third kappa shape index (κ3) is 5.85. The second-order valence-corrected chi connectivity index (χ2v) is 5.67. The van der Waals surface area contributed by atoms with Gasteiger partial charge in [0.25, 0.3) is 0 Å². The number of esters is 1. The summed E-state index contributed by atoms with van der Waals surface area (Å²) >= 11 is 0. The quantitative estimate of drug-likeness (QED) is 0.477. The van der Waals surface area contributed by atoms with Gasteiger partial charge >= 0.3 is 5.97 Å². The third-order valence-corrected chi connectivity index (χ3v) is 4.18. The van der Waals surface area contributed by atoms with Gasteiger partial charge in [-0.25, -0.2) is 0 Å². The molecule has 0 saturated heterocycles. The van der Waals surface area contributed by atoms with Crippen LogP contribution in [0.2, 0.25) is 0 Å². The molecule has 0 bridgehead atoms. The van der Waals surface area contributed by atoms with Crippen LogP contribution in [0.25, 0.3) is 0 Å². The molecular weight excluding hydrogens is 302 g/mol. The topological polar surface area (TPSA) is 38.8 Å². The van der Waals surface area contributed by atoms with E-state index in [9.17, 15) is 4.79 Å². The van der Waals surface area contributed by atoms with Gasteiger partial charge in [0, 0.05) is 18.6 Å². The molecule has 0 aliphatic carbocycles. The van der Waals surface area contributed by atoms with Crippen molar-refractivity contribution in [2.45, 2.75) is 38.8 Å². The lowest BCUT2D eigenvalue weighted by atomic mass is 10.0. The number of methoxy groups -OCH3 is 2. The van der Waals surface area contributed by atoms with E-state index in [2.05, 4.69) is 36.6 Å². The number of benzene rings is 1. The standard InChI is InChI=1S/C20H29NO3/c1-6-8-9-18(15-20(22)24-5)21(14-7-2)16(3)17-10-12-19(23-4)13-11-17/h6-8,10-13,16,18H,2,9,14-15H2,1,3-5H3/b8-6+/t16-,18-/m0/s1. The van der Waals surface area contributed by atoms with Crippen LogP contribution < -0.4 is 4.74 Å². The van der Waals surface area contributed by atoms with Crippen molar-refractivity contribution < 1.29 is 14.3 Å². The summed E-state index contributed by atoms with van der Waals surface area (Å²) in [6, 6.07) is 8.24. The molecule has 0 aliphatic heterocycles. The zero-order valence-electron chi connectivity index (χ0n) is 15.2. The summed E-state index contributed by atoms with van der Waals surface area (Å²) in [6.07, 6.45) is 7.12. The van der Waals surface area contributed by atoms with Gasteiger partial charge in [0.15, 0.2) is 0 Å². The molecule has 4 heteroatoms. The number of carbonyl (C=O) groups is 1. The molecule has 1 rings (SSSR count). The number of hydrogen-bond acceptors (Lipinski definition) is 4. The average molecular weight is 331 g/mol. The molecule has 0 heterocycles. The number of ether oxygens (including phenoxy) is 2. The number of rotatable bonds is 10. The molecule has 4 nitrogen and oxygen atoms in total. The summed E-state index contributed by atoms with van der Waals surface area (Å²) in [4.78, 5) is 14.1. The van der Waals surface area contributed by atoms with Gasteiger partial charge in [-0.05, 0) is 38.0 Å². The van der Waals surface area contributed by atoms with Gasteiger partial charge in [0.2, 0.25) is 0 Å². The van der Waals surface area contributed by atoms with E-state index in [4.69, 9.17) is 9.47 Å². The summed E-state index contributed by atoms with van der Waals surface area (Å²) < 4.78 is 10.1. The minimum Gasteiger partial charge on any atom is -0.497 e. The van der Waals surface area contributed by atoms with Gasteiger partial charge in [0.05, 0.1) is 20.6 Å². The second kappa shape index (κ2) is 10.7. The fourth-order valence-corrected chi connectivity index (χ4v) is 2.75. The van der Waals surface area contributed by atoms with Crippen molar-refractivity contribution in [2.24, 2.45) is 0 Å². The van der Waals surface area contributed by atoms with E-state index in [-0.39, 0.29) is 18.1 Å². The number of allylic oxidation sites excluding steroid dienone is 1. The highest BCUT2D eigenvalue weighted by atomic mass is 16.5. The molecule has 0 radical (unpaired) electrons. The summed E-state index contributed by atoms with van der Waals surface area (Å²) in [6.45, 7) is 8.70. The Labute approximate surface area is 145 Å². The third-order valence-electron chi connectivity index (χ3n) is 4.18. The van der Waals surface area contributed by atoms with E-state index in [1.807, 2.05) is 31.2 Å². The van der Waals surface area contributed by atoms with Gasteiger partial charge in [-0.15, -0.1) is 6.58 Å². The molecule has 0 spiro atoms. The van der Waals surface area contributed by atoms with Crippen LogP contribution >= 0.6 is 0 Å². The Morgan fingerprint density at radius 2 is 1.96 bits per heavy atom. The molecule has 1 aromatic rings. The van der Waals surface area contributed by atoms with Gasteiger partial charge in [-0.3, -0.25) is 9.69 Å². The Hall–Kier alpha value is -2.07. The van der Waals surface area contributed by atoms with Gasteiger partial charge in [0.1, 0.15) is 5.75 Å². The SMILES string of the molecule is C=CCN([C@@H](C/C=C/C)CC(=O)OC)[C@@H](C)c1ccc(OC)cc1.